The summed E-state index contributed by atoms with van der Waals surface area (Å²) >= 11 is 0. The number of carbonyl (C=O) groups is 2. The third-order valence-electron chi connectivity index (χ3n) is 1.84. The van der Waals surface area contributed by atoms with E-state index in [-0.39, 0.29) is 24.4 Å². The summed E-state index contributed by atoms with van der Waals surface area (Å²) in [4.78, 5) is 22.4. The standard InChI is InChI=1S/C11H16N4O2/c1-4-10(16)14-9-5-12-15(6-9)7-11(17)13-8(2)3/h4-6,8H,1,7H2,2-3H3,(H,13,17)(H,14,16). The van der Waals surface area contributed by atoms with E-state index in [1.807, 2.05) is 13.8 Å². The number of anilines is 1. The van der Waals surface area contributed by atoms with E-state index in [9.17, 15) is 9.59 Å². The van der Waals surface area contributed by atoms with Crippen molar-refractivity contribution in [2.24, 2.45) is 0 Å². The molecular formula is C11H16N4O2. The van der Waals surface area contributed by atoms with Gasteiger partial charge in [0.15, 0.2) is 0 Å². The summed E-state index contributed by atoms with van der Waals surface area (Å²) in [6, 6.07) is 0.0954. The van der Waals surface area contributed by atoms with E-state index < -0.39 is 0 Å². The quantitative estimate of drug-likeness (QED) is 0.732. The van der Waals surface area contributed by atoms with Gasteiger partial charge in [-0.25, -0.2) is 0 Å². The second-order valence-electron chi connectivity index (χ2n) is 3.84. The zero-order valence-electron chi connectivity index (χ0n) is 9.93. The van der Waals surface area contributed by atoms with Crippen LogP contribution in [0.1, 0.15) is 13.8 Å². The molecule has 6 heteroatoms. The Kier molecular flexibility index (Phi) is 4.45. The highest BCUT2D eigenvalue weighted by Crippen LogP contribution is 2.04. The smallest absolute Gasteiger partial charge is 0.247 e. The van der Waals surface area contributed by atoms with Crippen molar-refractivity contribution in [1.82, 2.24) is 15.1 Å². The lowest BCUT2D eigenvalue weighted by atomic mass is 10.4. The highest BCUT2D eigenvalue weighted by Gasteiger charge is 2.06. The van der Waals surface area contributed by atoms with Crippen LogP contribution in [0.3, 0.4) is 0 Å². The third-order valence-corrected chi connectivity index (χ3v) is 1.84. The molecule has 0 atom stereocenters. The Morgan fingerprint density at radius 1 is 1.59 bits per heavy atom. The molecule has 0 aromatic carbocycles. The number of carbonyl (C=O) groups excluding carboxylic acids is 2. The molecule has 0 saturated heterocycles. The lowest BCUT2D eigenvalue weighted by Gasteiger charge is -2.07. The Labute approximate surface area is 99.7 Å². The fourth-order valence-electron chi connectivity index (χ4n) is 1.22. The van der Waals surface area contributed by atoms with Crippen LogP contribution in [0.5, 0.6) is 0 Å². The van der Waals surface area contributed by atoms with Crippen LogP contribution in [-0.4, -0.2) is 27.6 Å². The van der Waals surface area contributed by atoms with Crippen LogP contribution in [0.2, 0.25) is 0 Å². The van der Waals surface area contributed by atoms with Gasteiger partial charge in [-0.05, 0) is 19.9 Å². The Hall–Kier alpha value is -2.11. The van der Waals surface area contributed by atoms with Crippen LogP contribution < -0.4 is 10.6 Å². The average Bonchev–Trinajstić information content (AvgIpc) is 2.63. The van der Waals surface area contributed by atoms with Crippen LogP contribution >= 0.6 is 0 Å². The van der Waals surface area contributed by atoms with Gasteiger partial charge in [0.1, 0.15) is 6.54 Å². The van der Waals surface area contributed by atoms with E-state index in [2.05, 4.69) is 22.3 Å². The van der Waals surface area contributed by atoms with Crippen molar-refractivity contribution in [2.45, 2.75) is 26.4 Å². The molecule has 1 aromatic rings. The minimum Gasteiger partial charge on any atom is -0.352 e. The zero-order valence-corrected chi connectivity index (χ0v) is 9.93. The van der Waals surface area contributed by atoms with Crippen LogP contribution in [0.15, 0.2) is 25.0 Å². The van der Waals surface area contributed by atoms with Crippen LogP contribution in [0.25, 0.3) is 0 Å². The van der Waals surface area contributed by atoms with E-state index in [4.69, 9.17) is 0 Å². The minimum absolute atomic E-state index is 0.0954. The molecule has 1 aromatic heterocycles. The molecule has 0 aliphatic carbocycles. The first-order valence-electron chi connectivity index (χ1n) is 5.26. The fourth-order valence-corrected chi connectivity index (χ4v) is 1.22. The van der Waals surface area contributed by atoms with Crippen molar-refractivity contribution in [1.29, 1.82) is 0 Å². The van der Waals surface area contributed by atoms with Gasteiger partial charge < -0.3 is 10.6 Å². The van der Waals surface area contributed by atoms with Crippen molar-refractivity contribution in [3.05, 3.63) is 25.0 Å². The summed E-state index contributed by atoms with van der Waals surface area (Å²) < 4.78 is 1.45. The summed E-state index contributed by atoms with van der Waals surface area (Å²) in [5.74, 6) is -0.430. The highest BCUT2D eigenvalue weighted by molar-refractivity contribution is 5.98. The lowest BCUT2D eigenvalue weighted by Crippen LogP contribution is -2.33. The number of hydrogen-bond acceptors (Lipinski definition) is 3. The van der Waals surface area contributed by atoms with E-state index in [1.165, 1.54) is 17.0 Å². The zero-order chi connectivity index (χ0) is 12.8. The van der Waals surface area contributed by atoms with Crippen LogP contribution in [0.4, 0.5) is 5.69 Å². The Morgan fingerprint density at radius 2 is 2.29 bits per heavy atom. The molecule has 1 heterocycles. The summed E-state index contributed by atoms with van der Waals surface area (Å²) in [5, 5.41) is 9.26. The van der Waals surface area contributed by atoms with Crippen molar-refractivity contribution >= 4 is 17.5 Å². The molecule has 2 amide bonds. The minimum atomic E-state index is -0.309. The van der Waals surface area contributed by atoms with Crippen molar-refractivity contribution in [3.8, 4) is 0 Å². The second kappa shape index (κ2) is 5.83. The Morgan fingerprint density at radius 3 is 2.88 bits per heavy atom. The van der Waals surface area contributed by atoms with Crippen LogP contribution in [0, 0.1) is 0 Å². The maximum atomic E-state index is 11.4. The van der Waals surface area contributed by atoms with Gasteiger partial charge in [0, 0.05) is 12.2 Å². The molecule has 0 fully saturated rings. The molecule has 92 valence electrons. The molecule has 0 bridgehead atoms. The molecule has 0 aliphatic heterocycles. The molecule has 0 saturated carbocycles. The molecule has 0 aliphatic rings. The van der Waals surface area contributed by atoms with Gasteiger partial charge in [-0.2, -0.15) is 5.10 Å². The van der Waals surface area contributed by atoms with E-state index in [0.717, 1.165) is 0 Å². The predicted octanol–water partition coefficient (Wildman–Crippen LogP) is 0.532. The van der Waals surface area contributed by atoms with Gasteiger partial charge in [0.2, 0.25) is 11.8 Å². The number of hydrogen-bond donors (Lipinski definition) is 2. The second-order valence-corrected chi connectivity index (χ2v) is 3.84. The average molecular weight is 236 g/mol. The topological polar surface area (TPSA) is 76.0 Å². The van der Waals surface area contributed by atoms with Crippen molar-refractivity contribution in [2.75, 3.05) is 5.32 Å². The van der Waals surface area contributed by atoms with E-state index in [1.54, 1.807) is 6.20 Å². The van der Waals surface area contributed by atoms with E-state index >= 15 is 0 Å². The SMILES string of the molecule is C=CC(=O)Nc1cnn(CC(=O)NC(C)C)c1. The Balaban J connectivity index is 2.53. The number of nitrogens with zero attached hydrogens (tertiary/aromatic N) is 2. The Bertz CT molecular complexity index is 423. The first-order chi connectivity index (χ1) is 8.01. The van der Waals surface area contributed by atoms with Gasteiger partial charge in [-0.3, -0.25) is 14.3 Å². The molecule has 17 heavy (non-hydrogen) atoms. The third kappa shape index (κ3) is 4.50. The lowest BCUT2D eigenvalue weighted by molar-refractivity contribution is -0.122. The number of aromatic nitrogens is 2. The van der Waals surface area contributed by atoms with Gasteiger partial charge in [-0.15, -0.1) is 0 Å². The van der Waals surface area contributed by atoms with Crippen LogP contribution in [-0.2, 0) is 16.1 Å². The summed E-state index contributed by atoms with van der Waals surface area (Å²) in [6.45, 7) is 7.24. The monoisotopic (exact) mass is 236 g/mol. The maximum Gasteiger partial charge on any atom is 0.247 e. The van der Waals surface area contributed by atoms with Crippen molar-refractivity contribution < 1.29 is 9.59 Å². The number of rotatable bonds is 5. The normalized spacial score (nSPS) is 10.1. The van der Waals surface area contributed by atoms with Gasteiger partial charge >= 0.3 is 0 Å². The largest absolute Gasteiger partial charge is 0.352 e. The molecule has 0 spiro atoms. The van der Waals surface area contributed by atoms with E-state index in [0.29, 0.717) is 5.69 Å². The molecule has 2 N–H and O–H groups in total. The summed E-state index contributed by atoms with van der Waals surface area (Å²) in [6.07, 6.45) is 4.23. The van der Waals surface area contributed by atoms with Crippen molar-refractivity contribution in [3.63, 3.8) is 0 Å². The number of nitrogens with one attached hydrogen (secondary N) is 2. The molecular weight excluding hydrogens is 220 g/mol. The molecule has 0 radical (unpaired) electrons. The fraction of sp³-hybridized carbons (Fsp3) is 0.364. The summed E-state index contributed by atoms with van der Waals surface area (Å²) in [7, 11) is 0. The predicted molar refractivity (Wildman–Crippen MR) is 64.3 cm³/mol. The molecule has 0 unspecified atom stereocenters. The highest BCUT2D eigenvalue weighted by atomic mass is 16.2. The maximum absolute atomic E-state index is 11.4. The van der Waals surface area contributed by atoms with Gasteiger partial charge in [0.25, 0.3) is 0 Å². The summed E-state index contributed by atoms with van der Waals surface area (Å²) in [5.41, 5.74) is 0.534. The molecule has 1 rings (SSSR count). The van der Waals surface area contributed by atoms with Gasteiger partial charge in [-0.1, -0.05) is 6.58 Å². The molecule has 6 nitrogen and oxygen atoms in total. The number of amides is 2. The first-order valence-corrected chi connectivity index (χ1v) is 5.26. The van der Waals surface area contributed by atoms with Gasteiger partial charge in [0.05, 0.1) is 11.9 Å². The first kappa shape index (κ1) is 13.0.